The third-order valence-electron chi connectivity index (χ3n) is 19.1. The molecule has 1 aliphatic carbocycles. The first-order chi connectivity index (χ1) is 48.7. The van der Waals surface area contributed by atoms with E-state index in [-0.39, 0.29) is 98.6 Å². The minimum absolute atomic E-state index is 0.00896. The molecule has 0 radical (unpaired) electrons. The molecule has 4 aliphatic heterocycles. The van der Waals surface area contributed by atoms with E-state index in [4.69, 9.17) is 15.8 Å². The van der Waals surface area contributed by atoms with Crippen LogP contribution in [0.1, 0.15) is 129 Å². The standard InChI is InChI=1S/C22H30N2O3S.C19H28N2O4S.C15H24N2O3S.C12H18N2O.C10H13ClO2S/c1-22(2,3)19-9-11-21(12-10-19)28(26,27)24-14-13-23(16-20(24)17-25)15-18-7-5-4-6-8-18;1-19(2,3)15-6-8-17(9-7-15)26(24,25)21-11-10-20(12-16(21)13-22)18(23)14-4-5-14;1-15(2,3)12-4-6-14(7-5-12)21(19,20)17-9-8-16-10-13(17)11-18;15-10-12-9-14(7-6-13-12)8-11-4-2-1-3-5-11;1-10(2,3)8-4-6-9(7-5-8)14(11,12)13/h4-12,20,25H,13-17H2,1-3H3;6-9,14,16,22H,4-5,10-13H2,1-3H3;4-7,13,16,18H,8-11H2,1-3H3;1-5,12-13,15H,6-10H2;4-7H,1-3H3. The summed E-state index contributed by atoms with van der Waals surface area (Å²) < 4.78 is 104. The van der Waals surface area contributed by atoms with Crippen LogP contribution in [0.25, 0.3) is 0 Å². The van der Waals surface area contributed by atoms with E-state index >= 15 is 0 Å². The van der Waals surface area contributed by atoms with Gasteiger partial charge in [0.25, 0.3) is 9.05 Å². The number of carbonyl (C=O) groups excluding carboxylic acids is 1. The van der Waals surface area contributed by atoms with Crippen molar-refractivity contribution in [2.75, 3.05) is 105 Å². The zero-order valence-electron chi connectivity index (χ0n) is 62.7. The largest absolute Gasteiger partial charge is 0.395 e. The Morgan fingerprint density at radius 1 is 0.413 bits per heavy atom. The molecule has 21 nitrogen and oxygen atoms in total. The first-order valence-electron chi connectivity index (χ1n) is 35.8. The molecule has 5 aliphatic rings. The van der Waals surface area contributed by atoms with Crippen LogP contribution in [0, 0.1) is 5.92 Å². The van der Waals surface area contributed by atoms with Crippen LogP contribution in [0.4, 0.5) is 0 Å². The summed E-state index contributed by atoms with van der Waals surface area (Å²) >= 11 is 0. The molecule has 104 heavy (non-hydrogen) atoms. The third-order valence-corrected chi connectivity index (χ3v) is 26.4. The van der Waals surface area contributed by atoms with Crippen LogP contribution in [0.3, 0.4) is 0 Å². The van der Waals surface area contributed by atoms with Crippen LogP contribution in [0.5, 0.6) is 0 Å². The van der Waals surface area contributed by atoms with Gasteiger partial charge in [0.1, 0.15) is 0 Å². The van der Waals surface area contributed by atoms with Gasteiger partial charge in [-0.3, -0.25) is 14.6 Å². The van der Waals surface area contributed by atoms with Crippen molar-refractivity contribution in [3.63, 3.8) is 0 Å². The van der Waals surface area contributed by atoms with Gasteiger partial charge in [0.15, 0.2) is 0 Å². The summed E-state index contributed by atoms with van der Waals surface area (Å²) in [6.45, 7) is 33.1. The van der Waals surface area contributed by atoms with Crippen molar-refractivity contribution in [1.29, 1.82) is 0 Å². The number of aliphatic hydroxyl groups excluding tert-OH is 4. The Kier molecular flexibility index (Phi) is 30.5. The lowest BCUT2D eigenvalue weighted by molar-refractivity contribution is -0.135. The first kappa shape index (κ1) is 85.7. The molecule has 574 valence electrons. The van der Waals surface area contributed by atoms with Gasteiger partial charge in [0, 0.05) is 114 Å². The van der Waals surface area contributed by atoms with E-state index in [0.29, 0.717) is 45.8 Å². The molecule has 5 fully saturated rings. The van der Waals surface area contributed by atoms with E-state index in [2.05, 4.69) is 140 Å². The molecule has 4 saturated heterocycles. The fourth-order valence-corrected chi connectivity index (χ4v) is 18.1. The SMILES string of the molecule is CC(C)(C)c1ccc(S(=O)(=O)Cl)cc1.CC(C)(C)c1ccc(S(=O)(=O)N2CCN(C(=O)C3CC3)CC2CO)cc1.CC(C)(C)c1ccc(S(=O)(=O)N2CCN(Cc3ccccc3)CC2CO)cc1.CC(C)(C)c1ccc(S(=O)(=O)N2CCNCC2CO)cc1.OCC1CN(Cc2ccccc2)CCN1. The van der Waals surface area contributed by atoms with E-state index in [1.807, 2.05) is 60.7 Å². The van der Waals surface area contributed by atoms with E-state index in [1.54, 1.807) is 53.4 Å². The molecule has 6 aromatic carbocycles. The molecule has 4 heterocycles. The van der Waals surface area contributed by atoms with E-state index in [1.165, 1.54) is 36.2 Å². The van der Waals surface area contributed by atoms with Crippen LogP contribution < -0.4 is 10.6 Å². The van der Waals surface area contributed by atoms with E-state index in [0.717, 1.165) is 67.8 Å². The number of halogens is 1. The predicted molar refractivity (Wildman–Crippen MR) is 412 cm³/mol. The molecule has 4 atom stereocenters. The zero-order valence-corrected chi connectivity index (χ0v) is 66.7. The number of nitrogens with zero attached hydrogens (tertiary/aromatic N) is 6. The fraction of sp³-hybridized carbons (Fsp3) is 0.526. The maximum Gasteiger partial charge on any atom is 0.261 e. The Morgan fingerprint density at radius 2 is 0.769 bits per heavy atom. The summed E-state index contributed by atoms with van der Waals surface area (Å²) in [7, 11) is -9.29. The number of amides is 1. The average molecular weight is 1530 g/mol. The number of piperazine rings is 4. The average Bonchev–Trinajstić information content (AvgIpc) is 1.09. The number of hydrogen-bond acceptors (Lipinski definition) is 17. The summed E-state index contributed by atoms with van der Waals surface area (Å²) in [4.78, 5) is 19.5. The molecule has 1 saturated carbocycles. The number of carbonyl (C=O) groups is 1. The van der Waals surface area contributed by atoms with Gasteiger partial charge in [-0.25, -0.2) is 33.7 Å². The van der Waals surface area contributed by atoms with Crippen molar-refractivity contribution in [2.45, 2.75) is 174 Å². The molecule has 0 aromatic heterocycles. The van der Waals surface area contributed by atoms with E-state index < -0.39 is 57.2 Å². The fourth-order valence-electron chi connectivity index (χ4n) is 12.6. The van der Waals surface area contributed by atoms with Crippen molar-refractivity contribution in [2.24, 2.45) is 5.92 Å². The normalized spacial score (nSPS) is 20.3. The molecular formula is C78H113ClN8O13S4. The first-order valence-corrected chi connectivity index (χ1v) is 42.5. The summed E-state index contributed by atoms with van der Waals surface area (Å²) in [6, 6.07) is 47.1. The smallest absolute Gasteiger partial charge is 0.261 e. The summed E-state index contributed by atoms with van der Waals surface area (Å²) in [5, 5.41) is 44.5. The number of hydrogen-bond donors (Lipinski definition) is 6. The minimum atomic E-state index is -3.70. The van der Waals surface area contributed by atoms with Crippen molar-refractivity contribution in [3.8, 4) is 0 Å². The van der Waals surface area contributed by atoms with Gasteiger partial charge in [-0.2, -0.15) is 12.9 Å². The van der Waals surface area contributed by atoms with Crippen LogP contribution in [-0.4, -0.2) is 217 Å². The number of nitrogens with one attached hydrogen (secondary N) is 2. The van der Waals surface area contributed by atoms with Crippen LogP contribution in [0.2, 0.25) is 0 Å². The second-order valence-corrected chi connectivity index (χ2v) is 39.7. The molecule has 11 rings (SSSR count). The van der Waals surface area contributed by atoms with Gasteiger partial charge >= 0.3 is 0 Å². The Bertz CT molecular complexity index is 4140. The molecule has 26 heteroatoms. The van der Waals surface area contributed by atoms with Crippen LogP contribution in [0.15, 0.2) is 177 Å². The lowest BCUT2D eigenvalue weighted by Crippen LogP contribution is -2.58. The van der Waals surface area contributed by atoms with E-state index in [9.17, 15) is 53.8 Å². The molecular weight excluding hydrogens is 1420 g/mol. The highest BCUT2D eigenvalue weighted by Gasteiger charge is 2.42. The molecule has 6 N–H and O–H groups in total. The number of aliphatic hydroxyl groups is 4. The highest BCUT2D eigenvalue weighted by molar-refractivity contribution is 8.13. The highest BCUT2D eigenvalue weighted by Crippen LogP contribution is 2.34. The number of rotatable bonds is 16. The summed E-state index contributed by atoms with van der Waals surface area (Å²) in [6.07, 6.45) is 1.84. The molecule has 6 aromatic rings. The maximum absolute atomic E-state index is 13.2. The number of sulfonamides is 3. The van der Waals surface area contributed by atoms with Crippen LogP contribution in [-0.2, 0) is 78.7 Å². The zero-order chi connectivity index (χ0) is 76.6. The Hall–Kier alpha value is -5.56. The maximum atomic E-state index is 13.2. The minimum Gasteiger partial charge on any atom is -0.395 e. The van der Waals surface area contributed by atoms with Crippen molar-refractivity contribution in [1.82, 2.24) is 38.2 Å². The highest BCUT2D eigenvalue weighted by atomic mass is 35.7. The Labute approximate surface area is 625 Å². The monoisotopic (exact) mass is 1530 g/mol. The predicted octanol–water partition coefficient (Wildman–Crippen LogP) is 8.74. The Balaban J connectivity index is 0.000000186. The molecule has 0 spiro atoms. The van der Waals surface area contributed by atoms with Gasteiger partial charge in [-0.05, 0) is 116 Å². The van der Waals surface area contributed by atoms with Gasteiger partial charge in [-0.1, -0.05) is 192 Å². The summed E-state index contributed by atoms with van der Waals surface area (Å²) in [5.74, 6) is 0.192. The van der Waals surface area contributed by atoms with Gasteiger partial charge in [0.2, 0.25) is 36.0 Å². The van der Waals surface area contributed by atoms with Crippen molar-refractivity contribution < 1.29 is 58.9 Å². The van der Waals surface area contributed by atoms with Gasteiger partial charge < -0.3 is 36.0 Å². The molecule has 0 bridgehead atoms. The van der Waals surface area contributed by atoms with Crippen molar-refractivity contribution in [3.05, 3.63) is 191 Å². The Morgan fingerprint density at radius 3 is 1.12 bits per heavy atom. The van der Waals surface area contributed by atoms with Gasteiger partial charge in [-0.15, -0.1) is 0 Å². The lowest BCUT2D eigenvalue weighted by atomic mass is 9.87. The molecule has 1 amide bonds. The number of benzene rings is 6. The third kappa shape index (κ3) is 24.2. The topological polar surface area (TPSA) is 278 Å². The summed E-state index contributed by atoms with van der Waals surface area (Å²) in [5.41, 5.74) is 6.81. The quantitative estimate of drug-likeness (QED) is 0.0494. The van der Waals surface area contributed by atoms with Crippen molar-refractivity contribution >= 4 is 55.7 Å². The second kappa shape index (κ2) is 37.0. The van der Waals surface area contributed by atoms with Crippen LogP contribution >= 0.6 is 10.7 Å². The second-order valence-electron chi connectivity index (χ2n) is 31.4. The lowest BCUT2D eigenvalue weighted by Gasteiger charge is -2.39. The molecule has 4 unspecified atom stereocenters. The van der Waals surface area contributed by atoms with Gasteiger partial charge in [0.05, 0.1) is 64.1 Å².